The predicted molar refractivity (Wildman–Crippen MR) is 73.2 cm³/mol. The molecule has 0 bridgehead atoms. The number of carbonyl (C=O) groups excluding carboxylic acids is 1. The first-order chi connectivity index (χ1) is 9.63. The molecule has 1 aliphatic heterocycles. The van der Waals surface area contributed by atoms with E-state index in [1.165, 1.54) is 0 Å². The number of carbonyl (C=O) groups is 1. The number of nitrogens with zero attached hydrogens (tertiary/aromatic N) is 3. The van der Waals surface area contributed by atoms with Crippen molar-refractivity contribution in [1.82, 2.24) is 20.4 Å². The van der Waals surface area contributed by atoms with Crippen LogP contribution in [0.2, 0.25) is 0 Å². The van der Waals surface area contributed by atoms with Crippen molar-refractivity contribution >= 4 is 5.91 Å². The van der Waals surface area contributed by atoms with Crippen molar-refractivity contribution in [3.05, 3.63) is 11.7 Å². The zero-order chi connectivity index (χ0) is 14.1. The summed E-state index contributed by atoms with van der Waals surface area (Å²) >= 11 is 0. The summed E-state index contributed by atoms with van der Waals surface area (Å²) in [6, 6.07) is 0.339. The molecule has 1 aromatic rings. The lowest BCUT2D eigenvalue weighted by Crippen LogP contribution is -2.49. The van der Waals surface area contributed by atoms with E-state index in [0.717, 1.165) is 38.8 Å². The van der Waals surface area contributed by atoms with Crippen molar-refractivity contribution in [3.63, 3.8) is 0 Å². The van der Waals surface area contributed by atoms with Crippen LogP contribution in [0.1, 0.15) is 50.2 Å². The number of amides is 1. The van der Waals surface area contributed by atoms with Gasteiger partial charge in [0, 0.05) is 12.6 Å². The quantitative estimate of drug-likeness (QED) is 0.896. The number of hydrogen-bond donors (Lipinski definition) is 1. The lowest BCUT2D eigenvalue weighted by atomic mass is 9.96. The Morgan fingerprint density at radius 1 is 1.45 bits per heavy atom. The Morgan fingerprint density at radius 2 is 2.25 bits per heavy atom. The minimum absolute atomic E-state index is 0.0811. The van der Waals surface area contributed by atoms with Crippen molar-refractivity contribution in [2.75, 3.05) is 13.1 Å². The van der Waals surface area contributed by atoms with E-state index in [1.807, 2.05) is 13.8 Å². The molecule has 110 valence electrons. The lowest BCUT2D eigenvalue weighted by molar-refractivity contribution is -0.126. The van der Waals surface area contributed by atoms with Gasteiger partial charge in [-0.05, 0) is 46.1 Å². The van der Waals surface area contributed by atoms with Crippen LogP contribution in [0.4, 0.5) is 0 Å². The SMILES string of the molecule is Cc1noc([C@H]2CCCN([C@@H](C)C(=O)NC3CC3)C2)n1. The van der Waals surface area contributed by atoms with Crippen molar-refractivity contribution in [2.24, 2.45) is 0 Å². The van der Waals surface area contributed by atoms with Gasteiger partial charge in [-0.1, -0.05) is 5.16 Å². The van der Waals surface area contributed by atoms with Gasteiger partial charge in [-0.3, -0.25) is 9.69 Å². The Morgan fingerprint density at radius 3 is 2.90 bits per heavy atom. The molecule has 20 heavy (non-hydrogen) atoms. The van der Waals surface area contributed by atoms with Crippen LogP contribution in [0, 0.1) is 6.92 Å². The molecule has 1 saturated heterocycles. The normalized spacial score (nSPS) is 25.4. The van der Waals surface area contributed by atoms with Gasteiger partial charge in [0.05, 0.1) is 12.0 Å². The number of piperidine rings is 1. The van der Waals surface area contributed by atoms with Crippen molar-refractivity contribution < 1.29 is 9.32 Å². The third-order valence-corrected chi connectivity index (χ3v) is 4.20. The monoisotopic (exact) mass is 278 g/mol. The molecule has 2 heterocycles. The summed E-state index contributed by atoms with van der Waals surface area (Å²) < 4.78 is 5.28. The van der Waals surface area contributed by atoms with Gasteiger partial charge in [0.2, 0.25) is 11.8 Å². The van der Waals surface area contributed by atoms with Crippen LogP contribution < -0.4 is 5.32 Å². The van der Waals surface area contributed by atoms with E-state index in [9.17, 15) is 4.79 Å². The van der Waals surface area contributed by atoms with Gasteiger partial charge in [0.1, 0.15) is 0 Å². The van der Waals surface area contributed by atoms with E-state index in [4.69, 9.17) is 4.52 Å². The summed E-state index contributed by atoms with van der Waals surface area (Å²) in [5, 5.41) is 6.94. The molecule has 1 aliphatic carbocycles. The maximum absolute atomic E-state index is 12.1. The molecule has 0 radical (unpaired) electrons. The number of aromatic nitrogens is 2. The van der Waals surface area contributed by atoms with Crippen LogP contribution in [0.5, 0.6) is 0 Å². The van der Waals surface area contributed by atoms with E-state index in [2.05, 4.69) is 20.4 Å². The summed E-state index contributed by atoms with van der Waals surface area (Å²) in [5.74, 6) is 1.79. The first kappa shape index (κ1) is 13.5. The minimum Gasteiger partial charge on any atom is -0.352 e. The highest BCUT2D eigenvalue weighted by atomic mass is 16.5. The summed E-state index contributed by atoms with van der Waals surface area (Å²) in [6.45, 7) is 5.60. The second-order valence-corrected chi connectivity index (χ2v) is 5.97. The Hall–Kier alpha value is -1.43. The molecule has 1 saturated carbocycles. The van der Waals surface area contributed by atoms with Gasteiger partial charge in [-0.25, -0.2) is 0 Å². The average Bonchev–Trinajstić information content (AvgIpc) is 3.16. The zero-order valence-corrected chi connectivity index (χ0v) is 12.1. The minimum atomic E-state index is -0.0811. The first-order valence-electron chi connectivity index (χ1n) is 7.48. The molecule has 2 fully saturated rings. The maximum atomic E-state index is 12.1. The fraction of sp³-hybridized carbons (Fsp3) is 0.786. The van der Waals surface area contributed by atoms with E-state index in [-0.39, 0.29) is 17.9 Å². The fourth-order valence-corrected chi connectivity index (χ4v) is 2.75. The van der Waals surface area contributed by atoms with Gasteiger partial charge in [-0.15, -0.1) is 0 Å². The molecule has 3 rings (SSSR count). The fourth-order valence-electron chi connectivity index (χ4n) is 2.75. The van der Waals surface area contributed by atoms with Crippen LogP contribution >= 0.6 is 0 Å². The van der Waals surface area contributed by atoms with E-state index >= 15 is 0 Å². The summed E-state index contributed by atoms with van der Waals surface area (Å²) in [6.07, 6.45) is 4.37. The average molecular weight is 278 g/mol. The molecule has 1 N–H and O–H groups in total. The van der Waals surface area contributed by atoms with Crippen LogP contribution in [-0.2, 0) is 4.79 Å². The first-order valence-corrected chi connectivity index (χ1v) is 7.48. The topological polar surface area (TPSA) is 71.3 Å². The molecule has 0 aromatic carbocycles. The van der Waals surface area contributed by atoms with Gasteiger partial charge in [0.25, 0.3) is 0 Å². The molecule has 2 atom stereocenters. The molecule has 0 spiro atoms. The highest BCUT2D eigenvalue weighted by Gasteiger charge is 2.32. The zero-order valence-electron chi connectivity index (χ0n) is 12.1. The Kier molecular flexibility index (Phi) is 3.74. The maximum Gasteiger partial charge on any atom is 0.237 e. The van der Waals surface area contributed by atoms with Crippen LogP contribution in [0.15, 0.2) is 4.52 Å². The van der Waals surface area contributed by atoms with Gasteiger partial charge < -0.3 is 9.84 Å². The summed E-state index contributed by atoms with van der Waals surface area (Å²) in [5.41, 5.74) is 0. The van der Waals surface area contributed by atoms with Gasteiger partial charge in [-0.2, -0.15) is 4.98 Å². The Labute approximate surface area is 118 Å². The second kappa shape index (κ2) is 5.52. The molecule has 6 heteroatoms. The molecule has 0 unspecified atom stereocenters. The number of rotatable bonds is 4. The third kappa shape index (κ3) is 3.00. The van der Waals surface area contributed by atoms with E-state index < -0.39 is 0 Å². The molecule has 6 nitrogen and oxygen atoms in total. The molecule has 1 amide bonds. The lowest BCUT2D eigenvalue weighted by Gasteiger charge is -2.34. The van der Waals surface area contributed by atoms with Crippen LogP contribution in [0.25, 0.3) is 0 Å². The third-order valence-electron chi connectivity index (χ3n) is 4.20. The second-order valence-electron chi connectivity index (χ2n) is 5.97. The smallest absolute Gasteiger partial charge is 0.237 e. The Bertz CT molecular complexity index is 483. The van der Waals surface area contributed by atoms with E-state index in [0.29, 0.717) is 17.8 Å². The largest absolute Gasteiger partial charge is 0.352 e. The standard InChI is InChI=1S/C14H22N4O2/c1-9(13(19)16-12-5-6-12)18-7-3-4-11(8-18)14-15-10(2)17-20-14/h9,11-12H,3-8H2,1-2H3,(H,16,19)/t9-,11-/m0/s1. The number of likely N-dealkylation sites (tertiary alicyclic amines) is 1. The Balaban J connectivity index is 1.60. The van der Waals surface area contributed by atoms with Crippen molar-refractivity contribution in [1.29, 1.82) is 0 Å². The van der Waals surface area contributed by atoms with Crippen LogP contribution in [0.3, 0.4) is 0 Å². The van der Waals surface area contributed by atoms with Crippen molar-refractivity contribution in [2.45, 2.75) is 57.5 Å². The van der Waals surface area contributed by atoms with Crippen molar-refractivity contribution in [3.8, 4) is 0 Å². The number of nitrogens with one attached hydrogen (secondary N) is 1. The molecular formula is C14H22N4O2. The highest BCUT2D eigenvalue weighted by Crippen LogP contribution is 2.27. The molecule has 2 aliphatic rings. The van der Waals surface area contributed by atoms with Gasteiger partial charge in [0.15, 0.2) is 5.82 Å². The number of aryl methyl sites for hydroxylation is 1. The number of hydrogen-bond acceptors (Lipinski definition) is 5. The predicted octanol–water partition coefficient (Wildman–Crippen LogP) is 1.22. The van der Waals surface area contributed by atoms with Crippen LogP contribution in [-0.4, -0.2) is 46.1 Å². The van der Waals surface area contributed by atoms with E-state index in [1.54, 1.807) is 0 Å². The molecular weight excluding hydrogens is 256 g/mol. The highest BCUT2D eigenvalue weighted by molar-refractivity contribution is 5.81. The summed E-state index contributed by atoms with van der Waals surface area (Å²) in [4.78, 5) is 18.7. The molecule has 1 aromatic heterocycles. The van der Waals surface area contributed by atoms with Gasteiger partial charge >= 0.3 is 0 Å². The summed E-state index contributed by atoms with van der Waals surface area (Å²) in [7, 11) is 0.